The van der Waals surface area contributed by atoms with E-state index in [9.17, 15) is 9.59 Å². The Balaban J connectivity index is 1.82. The molecule has 4 heteroatoms. The first-order chi connectivity index (χ1) is 10.6. The zero-order valence-corrected chi connectivity index (χ0v) is 13.9. The van der Waals surface area contributed by atoms with E-state index < -0.39 is 0 Å². The van der Waals surface area contributed by atoms with Crippen LogP contribution >= 0.6 is 11.3 Å². The zero-order valence-electron chi connectivity index (χ0n) is 13.0. The van der Waals surface area contributed by atoms with Crippen molar-refractivity contribution >= 4 is 23.0 Å². The van der Waals surface area contributed by atoms with E-state index in [2.05, 4.69) is 31.2 Å². The second-order valence-electron chi connectivity index (χ2n) is 5.32. The Morgan fingerprint density at radius 3 is 2.32 bits per heavy atom. The number of hydrogen-bond acceptors (Lipinski definition) is 3. The van der Waals surface area contributed by atoms with Crippen molar-refractivity contribution in [2.24, 2.45) is 0 Å². The summed E-state index contributed by atoms with van der Waals surface area (Å²) in [6.45, 7) is 2.70. The van der Waals surface area contributed by atoms with Crippen molar-refractivity contribution in [3.05, 3.63) is 57.8 Å². The third-order valence-electron chi connectivity index (χ3n) is 3.64. The van der Waals surface area contributed by atoms with Crippen molar-refractivity contribution in [1.29, 1.82) is 0 Å². The molecule has 1 aromatic heterocycles. The van der Waals surface area contributed by atoms with Crippen molar-refractivity contribution < 1.29 is 9.59 Å². The van der Waals surface area contributed by atoms with Crippen LogP contribution in [0.15, 0.2) is 41.8 Å². The van der Waals surface area contributed by atoms with Gasteiger partial charge in [0, 0.05) is 26.4 Å². The third kappa shape index (κ3) is 4.53. The predicted octanol–water partition coefficient (Wildman–Crippen LogP) is 3.93. The van der Waals surface area contributed by atoms with Crippen molar-refractivity contribution in [2.75, 3.05) is 7.05 Å². The molecule has 2 rings (SSSR count). The Morgan fingerprint density at radius 2 is 1.73 bits per heavy atom. The molecule has 1 amide bonds. The lowest BCUT2D eigenvalue weighted by molar-refractivity contribution is -0.130. The minimum Gasteiger partial charge on any atom is -0.341 e. The van der Waals surface area contributed by atoms with Crippen molar-refractivity contribution in [3.63, 3.8) is 0 Å². The summed E-state index contributed by atoms with van der Waals surface area (Å²) in [6, 6.07) is 11.9. The van der Waals surface area contributed by atoms with Gasteiger partial charge in [0.1, 0.15) is 0 Å². The fourth-order valence-corrected chi connectivity index (χ4v) is 2.91. The lowest BCUT2D eigenvalue weighted by Crippen LogP contribution is -2.26. The van der Waals surface area contributed by atoms with Gasteiger partial charge in [-0.2, -0.15) is 0 Å². The van der Waals surface area contributed by atoms with Crippen LogP contribution < -0.4 is 0 Å². The van der Waals surface area contributed by atoms with Gasteiger partial charge in [0.25, 0.3) is 0 Å². The maximum absolute atomic E-state index is 12.1. The number of aryl methyl sites for hydroxylation is 1. The number of thiophene rings is 1. The highest BCUT2D eigenvalue weighted by Gasteiger charge is 2.13. The standard InChI is InChI=1S/C18H21NO2S/c1-3-14-6-8-15(9-7-14)13-19(2)18(21)11-10-16(20)17-5-4-12-22-17/h4-9,12H,3,10-11,13H2,1-2H3. The Bertz CT molecular complexity index is 617. The van der Waals surface area contributed by atoms with Crippen LogP contribution in [0.25, 0.3) is 0 Å². The lowest BCUT2D eigenvalue weighted by Gasteiger charge is -2.17. The van der Waals surface area contributed by atoms with Crippen LogP contribution in [0, 0.1) is 0 Å². The second kappa shape index (κ2) is 7.90. The zero-order chi connectivity index (χ0) is 15.9. The summed E-state index contributed by atoms with van der Waals surface area (Å²) in [5.74, 6) is 0.0496. The Morgan fingerprint density at radius 1 is 1.05 bits per heavy atom. The average molecular weight is 315 g/mol. The summed E-state index contributed by atoms with van der Waals surface area (Å²) in [5.41, 5.74) is 2.40. The first-order valence-electron chi connectivity index (χ1n) is 7.48. The van der Waals surface area contributed by atoms with E-state index in [-0.39, 0.29) is 24.5 Å². The molecule has 0 radical (unpaired) electrons. The summed E-state index contributed by atoms with van der Waals surface area (Å²) in [7, 11) is 1.78. The molecule has 0 spiro atoms. The summed E-state index contributed by atoms with van der Waals surface area (Å²) in [6.07, 6.45) is 1.55. The number of rotatable bonds is 7. The maximum atomic E-state index is 12.1. The molecule has 0 aliphatic rings. The van der Waals surface area contributed by atoms with Crippen molar-refractivity contribution in [3.8, 4) is 0 Å². The summed E-state index contributed by atoms with van der Waals surface area (Å²) in [4.78, 5) is 26.4. The van der Waals surface area contributed by atoms with E-state index >= 15 is 0 Å². The largest absolute Gasteiger partial charge is 0.341 e. The summed E-state index contributed by atoms with van der Waals surface area (Å²) in [5, 5.41) is 1.88. The average Bonchev–Trinajstić information content (AvgIpc) is 3.07. The molecule has 0 unspecified atom stereocenters. The normalized spacial score (nSPS) is 10.5. The fraction of sp³-hybridized carbons (Fsp3) is 0.333. The molecule has 2 aromatic rings. The van der Waals surface area contributed by atoms with Crippen LogP contribution in [-0.2, 0) is 17.8 Å². The highest BCUT2D eigenvalue weighted by atomic mass is 32.1. The van der Waals surface area contributed by atoms with Gasteiger partial charge in [-0.1, -0.05) is 37.3 Å². The Hall–Kier alpha value is -1.94. The lowest BCUT2D eigenvalue weighted by atomic mass is 10.1. The summed E-state index contributed by atoms with van der Waals surface area (Å²) >= 11 is 1.42. The van der Waals surface area contributed by atoms with E-state index in [1.807, 2.05) is 11.4 Å². The summed E-state index contributed by atoms with van der Waals surface area (Å²) < 4.78 is 0. The van der Waals surface area contributed by atoms with Crippen LogP contribution in [0.4, 0.5) is 0 Å². The van der Waals surface area contributed by atoms with Crippen LogP contribution in [0.3, 0.4) is 0 Å². The Labute approximate surface area is 135 Å². The molecule has 0 aliphatic carbocycles. The van der Waals surface area contributed by atoms with Crippen LogP contribution in [0.1, 0.15) is 40.6 Å². The van der Waals surface area contributed by atoms with E-state index in [1.54, 1.807) is 18.0 Å². The van der Waals surface area contributed by atoms with E-state index in [4.69, 9.17) is 0 Å². The van der Waals surface area contributed by atoms with Crippen molar-refractivity contribution in [2.45, 2.75) is 32.7 Å². The number of amides is 1. The topological polar surface area (TPSA) is 37.4 Å². The number of carbonyl (C=O) groups excluding carboxylic acids is 2. The van der Waals surface area contributed by atoms with Gasteiger partial charge >= 0.3 is 0 Å². The quantitative estimate of drug-likeness (QED) is 0.726. The molecule has 22 heavy (non-hydrogen) atoms. The third-order valence-corrected chi connectivity index (χ3v) is 4.55. The smallest absolute Gasteiger partial charge is 0.223 e. The highest BCUT2D eigenvalue weighted by Crippen LogP contribution is 2.13. The maximum Gasteiger partial charge on any atom is 0.223 e. The van der Waals surface area contributed by atoms with Gasteiger partial charge in [-0.3, -0.25) is 9.59 Å². The second-order valence-corrected chi connectivity index (χ2v) is 6.27. The number of nitrogens with zero attached hydrogens (tertiary/aromatic N) is 1. The minimum atomic E-state index is 0.00414. The number of benzene rings is 1. The molecule has 0 saturated heterocycles. The predicted molar refractivity (Wildman–Crippen MR) is 90.2 cm³/mol. The van der Waals surface area contributed by atoms with Gasteiger partial charge in [-0.25, -0.2) is 0 Å². The van der Waals surface area contributed by atoms with Gasteiger partial charge in [0.2, 0.25) is 5.91 Å². The van der Waals surface area contributed by atoms with Gasteiger partial charge in [0.05, 0.1) is 4.88 Å². The number of Topliss-reactive ketones (excluding diaryl/α,β-unsaturated/α-hetero) is 1. The first-order valence-corrected chi connectivity index (χ1v) is 8.36. The van der Waals surface area contributed by atoms with E-state index in [0.29, 0.717) is 6.54 Å². The molecule has 1 heterocycles. The molecule has 116 valence electrons. The fourth-order valence-electron chi connectivity index (χ4n) is 2.21. The minimum absolute atomic E-state index is 0.00414. The molecule has 0 saturated carbocycles. The van der Waals surface area contributed by atoms with Gasteiger partial charge in [0.15, 0.2) is 5.78 Å². The Kier molecular flexibility index (Phi) is 5.90. The van der Waals surface area contributed by atoms with Crippen LogP contribution in [0.2, 0.25) is 0 Å². The van der Waals surface area contributed by atoms with E-state index in [1.165, 1.54) is 16.9 Å². The molecule has 0 aliphatic heterocycles. The SMILES string of the molecule is CCc1ccc(CN(C)C(=O)CCC(=O)c2cccs2)cc1. The number of hydrogen-bond donors (Lipinski definition) is 0. The van der Waals surface area contributed by atoms with Crippen LogP contribution in [0.5, 0.6) is 0 Å². The molecular weight excluding hydrogens is 294 g/mol. The molecule has 3 nitrogen and oxygen atoms in total. The molecular formula is C18H21NO2S. The van der Waals surface area contributed by atoms with Crippen molar-refractivity contribution in [1.82, 2.24) is 4.90 Å². The molecule has 1 aromatic carbocycles. The monoisotopic (exact) mass is 315 g/mol. The van der Waals surface area contributed by atoms with Gasteiger partial charge < -0.3 is 4.90 Å². The number of ketones is 1. The van der Waals surface area contributed by atoms with Gasteiger partial charge in [-0.15, -0.1) is 11.3 Å². The first kappa shape index (κ1) is 16.4. The van der Waals surface area contributed by atoms with E-state index in [0.717, 1.165) is 16.9 Å². The molecule has 0 fully saturated rings. The molecule has 0 N–H and O–H groups in total. The molecule has 0 bridgehead atoms. The highest BCUT2D eigenvalue weighted by molar-refractivity contribution is 7.12. The van der Waals surface area contributed by atoms with Crippen LogP contribution in [-0.4, -0.2) is 23.6 Å². The number of carbonyl (C=O) groups is 2. The van der Waals surface area contributed by atoms with Gasteiger partial charge in [-0.05, 0) is 29.0 Å². The molecule has 0 atom stereocenters.